The van der Waals surface area contributed by atoms with Gasteiger partial charge in [0.1, 0.15) is 5.82 Å². The maximum Gasteiger partial charge on any atom is 0.151 e. The van der Waals surface area contributed by atoms with E-state index >= 15 is 0 Å². The molecular formula is C11H15BrFNO2S. The highest BCUT2D eigenvalue weighted by Crippen LogP contribution is 2.23. The highest BCUT2D eigenvalue weighted by Gasteiger charge is 2.08. The zero-order valence-corrected chi connectivity index (χ0v) is 12.2. The molecule has 0 spiro atoms. The van der Waals surface area contributed by atoms with Crippen molar-refractivity contribution < 1.29 is 12.8 Å². The van der Waals surface area contributed by atoms with E-state index < -0.39 is 9.84 Å². The average Bonchev–Trinajstić information content (AvgIpc) is 2.25. The van der Waals surface area contributed by atoms with Gasteiger partial charge in [-0.2, -0.15) is 0 Å². The second kappa shape index (κ2) is 5.82. The molecule has 0 bridgehead atoms. The van der Waals surface area contributed by atoms with E-state index in [4.69, 9.17) is 0 Å². The smallest absolute Gasteiger partial charge is 0.151 e. The number of nitrogens with one attached hydrogen (secondary N) is 1. The number of hydrogen-bond acceptors (Lipinski definition) is 3. The van der Waals surface area contributed by atoms with E-state index in [-0.39, 0.29) is 23.9 Å². The van der Waals surface area contributed by atoms with Crippen LogP contribution in [0.25, 0.3) is 0 Å². The Morgan fingerprint density at radius 1 is 1.41 bits per heavy atom. The minimum atomic E-state index is -2.99. The highest BCUT2D eigenvalue weighted by atomic mass is 79.9. The normalized spacial score (nSPS) is 11.5. The molecule has 0 aliphatic rings. The van der Waals surface area contributed by atoms with Crippen molar-refractivity contribution in [3.63, 3.8) is 0 Å². The minimum Gasteiger partial charge on any atom is -0.384 e. The summed E-state index contributed by atoms with van der Waals surface area (Å²) >= 11 is 3.09. The zero-order valence-electron chi connectivity index (χ0n) is 9.76. The molecule has 0 unspecified atom stereocenters. The third-order valence-corrected chi connectivity index (χ3v) is 4.75. The number of rotatable bonds is 5. The molecule has 1 N–H and O–H groups in total. The molecule has 0 aromatic heterocycles. The summed E-state index contributed by atoms with van der Waals surface area (Å²) in [5, 5.41) is 2.93. The summed E-state index contributed by atoms with van der Waals surface area (Å²) in [4.78, 5) is 0. The number of anilines is 1. The Morgan fingerprint density at radius 3 is 2.65 bits per heavy atom. The minimum absolute atomic E-state index is 0.0562. The van der Waals surface area contributed by atoms with E-state index in [0.29, 0.717) is 10.2 Å². The van der Waals surface area contributed by atoms with Crippen molar-refractivity contribution in [1.82, 2.24) is 0 Å². The molecule has 0 aliphatic carbocycles. The molecule has 0 radical (unpaired) electrons. The largest absolute Gasteiger partial charge is 0.384 e. The van der Waals surface area contributed by atoms with Crippen LogP contribution >= 0.6 is 15.9 Å². The van der Waals surface area contributed by atoms with Gasteiger partial charge in [0.15, 0.2) is 9.84 Å². The lowest BCUT2D eigenvalue weighted by molar-refractivity contribution is 0.597. The standard InChI is InChI=1S/C11H15BrFNO2S/c1-3-17(15,16)5-4-14-11-7-10(13)9(12)6-8(11)2/h6-7,14H,3-5H2,1-2H3. The fraction of sp³-hybridized carbons (Fsp3) is 0.455. The van der Waals surface area contributed by atoms with Gasteiger partial charge in [-0.1, -0.05) is 6.92 Å². The van der Waals surface area contributed by atoms with E-state index in [0.717, 1.165) is 5.56 Å². The molecule has 0 aliphatic heterocycles. The number of benzene rings is 1. The molecular weight excluding hydrogens is 309 g/mol. The van der Waals surface area contributed by atoms with E-state index in [1.54, 1.807) is 13.0 Å². The molecule has 0 atom stereocenters. The van der Waals surface area contributed by atoms with E-state index in [1.807, 2.05) is 6.92 Å². The zero-order chi connectivity index (χ0) is 13.1. The lowest BCUT2D eigenvalue weighted by Crippen LogP contribution is -2.17. The number of sulfone groups is 1. The Morgan fingerprint density at radius 2 is 2.06 bits per heavy atom. The predicted molar refractivity (Wildman–Crippen MR) is 71.7 cm³/mol. The van der Waals surface area contributed by atoms with Crippen molar-refractivity contribution in [3.8, 4) is 0 Å². The average molecular weight is 324 g/mol. The van der Waals surface area contributed by atoms with Gasteiger partial charge in [-0.05, 0) is 40.5 Å². The summed E-state index contributed by atoms with van der Waals surface area (Å²) in [5.41, 5.74) is 1.49. The summed E-state index contributed by atoms with van der Waals surface area (Å²) < 4.78 is 36.2. The Kier molecular flexibility index (Phi) is 4.94. The van der Waals surface area contributed by atoms with Crippen LogP contribution in [0.5, 0.6) is 0 Å². The first-order chi connectivity index (χ1) is 7.85. The summed E-state index contributed by atoms with van der Waals surface area (Å²) in [6, 6.07) is 3.02. The summed E-state index contributed by atoms with van der Waals surface area (Å²) in [6.45, 7) is 3.73. The van der Waals surface area contributed by atoms with Crippen LogP contribution in [0.4, 0.5) is 10.1 Å². The Hall–Kier alpha value is -0.620. The number of halogens is 2. The maximum atomic E-state index is 13.3. The van der Waals surface area contributed by atoms with Gasteiger partial charge in [-0.3, -0.25) is 0 Å². The molecule has 1 aromatic carbocycles. The van der Waals surface area contributed by atoms with Crippen molar-refractivity contribution >= 4 is 31.5 Å². The Balaban J connectivity index is 2.68. The molecule has 17 heavy (non-hydrogen) atoms. The fourth-order valence-corrected chi connectivity index (χ4v) is 2.48. The summed E-state index contributed by atoms with van der Waals surface area (Å²) in [7, 11) is -2.99. The van der Waals surface area contributed by atoms with Crippen LogP contribution in [0.3, 0.4) is 0 Å². The van der Waals surface area contributed by atoms with Gasteiger partial charge in [0.05, 0.1) is 10.2 Å². The van der Waals surface area contributed by atoms with Crippen molar-refractivity contribution in [3.05, 3.63) is 28.0 Å². The van der Waals surface area contributed by atoms with Crippen LogP contribution in [0.15, 0.2) is 16.6 Å². The molecule has 1 aromatic rings. The summed E-state index contributed by atoms with van der Waals surface area (Å²) in [5.74, 6) is -0.181. The lowest BCUT2D eigenvalue weighted by atomic mass is 10.2. The molecule has 0 saturated heterocycles. The Labute approximate surface area is 109 Å². The van der Waals surface area contributed by atoms with Crippen molar-refractivity contribution in [2.75, 3.05) is 23.4 Å². The fourth-order valence-electron chi connectivity index (χ4n) is 1.32. The first kappa shape index (κ1) is 14.4. The second-order valence-corrected chi connectivity index (χ2v) is 7.07. The van der Waals surface area contributed by atoms with Gasteiger partial charge >= 0.3 is 0 Å². The third kappa shape index (κ3) is 4.27. The van der Waals surface area contributed by atoms with E-state index in [1.165, 1.54) is 6.07 Å². The second-order valence-electron chi connectivity index (χ2n) is 3.74. The number of hydrogen-bond donors (Lipinski definition) is 1. The maximum absolute atomic E-state index is 13.3. The third-order valence-electron chi connectivity index (χ3n) is 2.44. The molecule has 6 heteroatoms. The van der Waals surface area contributed by atoms with Crippen molar-refractivity contribution in [2.24, 2.45) is 0 Å². The topological polar surface area (TPSA) is 46.2 Å². The first-order valence-electron chi connectivity index (χ1n) is 5.25. The van der Waals surface area contributed by atoms with Crippen LogP contribution in [-0.2, 0) is 9.84 Å². The van der Waals surface area contributed by atoms with Crippen LogP contribution in [0, 0.1) is 12.7 Å². The molecule has 0 amide bonds. The van der Waals surface area contributed by atoms with Gasteiger partial charge in [-0.15, -0.1) is 0 Å². The SMILES string of the molecule is CCS(=O)(=O)CCNc1cc(F)c(Br)cc1C. The van der Waals surface area contributed by atoms with Crippen LogP contribution in [0.1, 0.15) is 12.5 Å². The summed E-state index contributed by atoms with van der Waals surface area (Å²) in [6.07, 6.45) is 0. The van der Waals surface area contributed by atoms with Crippen molar-refractivity contribution in [1.29, 1.82) is 0 Å². The van der Waals surface area contributed by atoms with Crippen LogP contribution < -0.4 is 5.32 Å². The van der Waals surface area contributed by atoms with Gasteiger partial charge < -0.3 is 5.32 Å². The molecule has 1 rings (SSSR count). The molecule has 0 heterocycles. The molecule has 0 fully saturated rings. The molecule has 96 valence electrons. The van der Waals surface area contributed by atoms with Gasteiger partial charge in [-0.25, -0.2) is 12.8 Å². The van der Waals surface area contributed by atoms with E-state index in [9.17, 15) is 12.8 Å². The van der Waals surface area contributed by atoms with Crippen LogP contribution in [-0.4, -0.2) is 26.5 Å². The monoisotopic (exact) mass is 323 g/mol. The quantitative estimate of drug-likeness (QED) is 0.906. The highest BCUT2D eigenvalue weighted by molar-refractivity contribution is 9.10. The van der Waals surface area contributed by atoms with E-state index in [2.05, 4.69) is 21.2 Å². The van der Waals surface area contributed by atoms with Gasteiger partial charge in [0, 0.05) is 18.0 Å². The van der Waals surface area contributed by atoms with Crippen molar-refractivity contribution in [2.45, 2.75) is 13.8 Å². The number of aryl methyl sites for hydroxylation is 1. The predicted octanol–water partition coefficient (Wildman–Crippen LogP) is 2.74. The first-order valence-corrected chi connectivity index (χ1v) is 7.87. The van der Waals surface area contributed by atoms with Crippen LogP contribution in [0.2, 0.25) is 0 Å². The van der Waals surface area contributed by atoms with Gasteiger partial charge in [0.25, 0.3) is 0 Å². The molecule has 0 saturated carbocycles. The Bertz CT molecular complexity index is 502. The van der Waals surface area contributed by atoms with Gasteiger partial charge in [0.2, 0.25) is 0 Å². The lowest BCUT2D eigenvalue weighted by Gasteiger charge is -2.10. The molecule has 3 nitrogen and oxygen atoms in total.